The molecule has 3 N–H and O–H groups in total. The molecule has 0 spiro atoms. The molecule has 0 bridgehead atoms. The molecule has 15 nitrogen and oxygen atoms in total. The van der Waals surface area contributed by atoms with Crippen molar-refractivity contribution in [1.29, 1.82) is 0 Å². The maximum absolute atomic E-state index is 13.7. The van der Waals surface area contributed by atoms with Gasteiger partial charge in [-0.25, -0.2) is 0 Å². The Morgan fingerprint density at radius 1 is 0.524 bits per heavy atom. The molecule has 9 aliphatic carbocycles. The Morgan fingerprint density at radius 3 is 1.50 bits per heavy atom. The topological polar surface area (TPSA) is 228 Å². The first-order valence-corrected chi connectivity index (χ1v) is 31.5. The van der Waals surface area contributed by atoms with Gasteiger partial charge < -0.3 is 16.0 Å². The predicted octanol–water partition coefficient (Wildman–Crippen LogP) is 9.57. The van der Waals surface area contributed by atoms with Crippen LogP contribution in [-0.2, 0) is 52.8 Å². The molecule has 8 fully saturated rings. The molecule has 0 unspecified atom stereocenters. The van der Waals surface area contributed by atoms with Crippen LogP contribution in [0.5, 0.6) is 0 Å². The Hall–Kier alpha value is -5.64. The third kappa shape index (κ3) is 9.87. The molecule has 15 atom stereocenters. The van der Waals surface area contributed by atoms with E-state index in [2.05, 4.69) is 48.8 Å². The number of amides is 3. The summed E-state index contributed by atoms with van der Waals surface area (Å²) in [5, 5.41) is 12.9. The molecule has 3 aliphatic heterocycles. The van der Waals surface area contributed by atoms with E-state index in [1.165, 1.54) is 17.7 Å². The second kappa shape index (κ2) is 21.5. The molecule has 3 heterocycles. The number of fused-ring (bicyclic) bond motifs is 15. The summed E-state index contributed by atoms with van der Waals surface area (Å²) in [4.78, 5) is 100. The highest BCUT2D eigenvalue weighted by Gasteiger charge is 2.64. The van der Waals surface area contributed by atoms with Crippen LogP contribution >= 0.6 is 0 Å². The molecular formula is C66H86N4O11S. The zero-order valence-corrected chi connectivity index (χ0v) is 49.2. The molecule has 0 aromatic heterocycles. The molecule has 0 saturated heterocycles. The van der Waals surface area contributed by atoms with Crippen LogP contribution in [0, 0.1) is 92.7 Å². The highest BCUT2D eigenvalue weighted by Crippen LogP contribution is 2.65. The number of ketones is 5. The summed E-state index contributed by atoms with van der Waals surface area (Å²) in [7, 11) is -4.02. The van der Waals surface area contributed by atoms with Gasteiger partial charge in [-0.15, -0.1) is 0 Å². The lowest BCUT2D eigenvalue weighted by atomic mass is 9.45. The molecule has 0 radical (unpaired) electrons. The van der Waals surface area contributed by atoms with Crippen molar-refractivity contribution in [3.05, 3.63) is 76.9 Å². The first-order valence-electron chi connectivity index (χ1n) is 30.1. The number of rotatable bonds is 3. The van der Waals surface area contributed by atoms with Crippen molar-refractivity contribution >= 4 is 62.5 Å². The highest BCUT2D eigenvalue weighted by molar-refractivity contribution is 7.86. The number of hydrogen-bond acceptors (Lipinski definition) is 12. The van der Waals surface area contributed by atoms with Crippen molar-refractivity contribution in [1.82, 2.24) is 16.0 Å². The standard InChI is InChI=1S/C26H32N2O5S.C20H27NO3.C19H23NO3.CH4/c1-16-4-7-18(8-5-16)34(31,32)33-28-22-11-10-20-19-9-6-17-14-23(30)27-13-12-25(17,2)24(19)21(29)15-26(20,22)3;1-19-10-13(22)4-6-15(19)14-5-3-12-9-17(24)21-8-7-20(12,2)18(14)16(23)11-19;1-18-7-8-20-16(23)9-11(18)3-4-12-13-5-6-15(22)19(13,2)10-14(21)17(12)18;/h4-5,7-8,14,19-20,24H,6,9-13,15H2,1-3H3,(H,27,30);9,14-15,18H,3-8,10-11H2,1-2H3,(H,21,24);5-6,9,12-13,17H,3-4,7-8,10H2,1-2H3,(H,20,23);1H4/b28-22+;;;/t19-,20-,24+,25-,26-;14-,15-,18+,19-,20-;12-,13-,17+,18-,19-;/m000./s1. The van der Waals surface area contributed by atoms with Gasteiger partial charge in [-0.3, -0.25) is 42.6 Å². The van der Waals surface area contributed by atoms with Crippen molar-refractivity contribution < 1.29 is 51.1 Å². The number of allylic oxidation sites excluding steroid dienone is 5. The second-order valence-corrected chi connectivity index (χ2v) is 29.5. The number of aryl methyl sites for hydroxylation is 1. The summed E-state index contributed by atoms with van der Waals surface area (Å²) in [6.07, 6.45) is 21.6. The third-order valence-electron chi connectivity index (χ3n) is 23.4. The Bertz CT molecular complexity index is 3170. The van der Waals surface area contributed by atoms with Gasteiger partial charge in [0.05, 0.1) is 5.71 Å². The van der Waals surface area contributed by atoms with Gasteiger partial charge in [-0.1, -0.05) is 94.6 Å². The lowest BCUT2D eigenvalue weighted by Gasteiger charge is -2.58. The van der Waals surface area contributed by atoms with Crippen LogP contribution in [0.4, 0.5) is 0 Å². The number of nitrogens with zero attached hydrogens (tertiary/aromatic N) is 1. The fourth-order valence-electron chi connectivity index (χ4n) is 19.3. The van der Waals surface area contributed by atoms with Gasteiger partial charge in [0.15, 0.2) is 5.78 Å². The second-order valence-electron chi connectivity index (χ2n) is 28.0. The molecule has 3 amide bonds. The van der Waals surface area contributed by atoms with Gasteiger partial charge in [0.25, 0.3) is 0 Å². The highest BCUT2D eigenvalue weighted by atomic mass is 32.2. The van der Waals surface area contributed by atoms with E-state index in [1.54, 1.807) is 36.4 Å². The van der Waals surface area contributed by atoms with Crippen LogP contribution in [0.3, 0.4) is 0 Å². The van der Waals surface area contributed by atoms with E-state index in [-0.39, 0.29) is 110 Å². The fourth-order valence-corrected chi connectivity index (χ4v) is 20.1. The van der Waals surface area contributed by atoms with Gasteiger partial charge in [-0.2, -0.15) is 8.42 Å². The number of carbonyl (C=O) groups excluding carboxylic acids is 8. The maximum atomic E-state index is 13.7. The summed E-state index contributed by atoms with van der Waals surface area (Å²) in [6, 6.07) is 6.47. The van der Waals surface area contributed by atoms with Crippen molar-refractivity contribution in [3.63, 3.8) is 0 Å². The van der Waals surface area contributed by atoms with E-state index in [4.69, 9.17) is 4.28 Å². The lowest BCUT2D eigenvalue weighted by molar-refractivity contribution is -0.151. The molecule has 82 heavy (non-hydrogen) atoms. The van der Waals surface area contributed by atoms with Crippen LogP contribution in [0.1, 0.15) is 164 Å². The zero-order valence-electron chi connectivity index (χ0n) is 48.4. The van der Waals surface area contributed by atoms with Gasteiger partial charge in [0.1, 0.15) is 28.0 Å². The minimum atomic E-state index is -4.02. The molecule has 12 aliphatic rings. The Morgan fingerprint density at radius 2 is 0.976 bits per heavy atom. The lowest BCUT2D eigenvalue weighted by Crippen LogP contribution is -2.56. The Balaban J connectivity index is 0.000000140. The zero-order chi connectivity index (χ0) is 57.8. The number of oxime groups is 1. The van der Waals surface area contributed by atoms with Crippen LogP contribution in [-0.4, -0.2) is 80.4 Å². The number of Topliss-reactive ketones (excluding diaryl/α,β-unsaturated/α-hetero) is 4. The van der Waals surface area contributed by atoms with Gasteiger partial charge >= 0.3 is 10.1 Å². The average Bonchev–Trinajstić information content (AvgIpc) is 1.48. The molecule has 8 saturated carbocycles. The SMILES string of the molecule is C.C[C@@]12CC(=O)CC[C@H]1[C@@H]1CCC3=CC(=O)NCC[C@]3(C)[C@H]1C(=O)C2.C[C@]12CCNC(=O)C=C1CC[C@@H]1[C@@H]2C(=O)C[C@]2(C)C(=O)C=C[C@@H]12.Cc1ccc(S(=O)(=O)O/N=C2\CC[C@H]3[C@@H]4CCC5=CC(=O)NCC[C@]5(C)[C@H]4C(=O)C[C@]23C)cc1. The monoisotopic (exact) mass is 1140 g/mol. The quantitative estimate of drug-likeness (QED) is 0.241. The summed E-state index contributed by atoms with van der Waals surface area (Å²) in [6.45, 7) is 16.4. The van der Waals surface area contributed by atoms with E-state index in [9.17, 15) is 46.8 Å². The normalized spacial score (nSPS) is 41.2. The first kappa shape index (κ1) is 59.5. The largest absolute Gasteiger partial charge is 0.358 e. The molecule has 1 aromatic rings. The molecule has 1 aromatic carbocycles. The minimum Gasteiger partial charge on any atom is -0.353 e. The van der Waals surface area contributed by atoms with E-state index in [1.807, 2.05) is 26.8 Å². The van der Waals surface area contributed by atoms with Crippen molar-refractivity contribution in [3.8, 4) is 0 Å². The summed E-state index contributed by atoms with van der Waals surface area (Å²) in [5.74, 6) is 2.59. The van der Waals surface area contributed by atoms with E-state index < -0.39 is 20.9 Å². The molecular weight excluding hydrogens is 1060 g/mol. The smallest absolute Gasteiger partial charge is 0.353 e. The molecule has 442 valence electrons. The van der Waals surface area contributed by atoms with Gasteiger partial charge in [0.2, 0.25) is 17.7 Å². The predicted molar refractivity (Wildman–Crippen MR) is 310 cm³/mol. The van der Waals surface area contributed by atoms with Crippen LogP contribution in [0.25, 0.3) is 0 Å². The minimum absolute atomic E-state index is 0. The Kier molecular flexibility index (Phi) is 15.6. The van der Waals surface area contributed by atoms with Crippen LogP contribution < -0.4 is 16.0 Å². The maximum Gasteiger partial charge on any atom is 0.358 e. The molecule has 16 heteroatoms. The number of benzene rings is 1. The van der Waals surface area contributed by atoms with E-state index in [0.29, 0.717) is 87.3 Å². The van der Waals surface area contributed by atoms with Crippen LogP contribution in [0.2, 0.25) is 0 Å². The molecule has 13 rings (SSSR count). The average molecular weight is 1140 g/mol. The van der Waals surface area contributed by atoms with E-state index >= 15 is 0 Å². The fraction of sp³-hybridized carbons (Fsp3) is 0.652. The number of nitrogens with one attached hydrogen (secondary N) is 3. The first-order chi connectivity index (χ1) is 38.2. The number of carbonyl (C=O) groups is 8. The Labute approximate surface area is 484 Å². The van der Waals surface area contributed by atoms with Crippen molar-refractivity contribution in [2.75, 3.05) is 19.6 Å². The number of hydrogen-bond donors (Lipinski definition) is 3. The van der Waals surface area contributed by atoms with Crippen molar-refractivity contribution in [2.24, 2.45) is 90.9 Å². The summed E-state index contributed by atoms with van der Waals surface area (Å²) in [5.41, 5.74) is 3.09. The summed E-state index contributed by atoms with van der Waals surface area (Å²) < 4.78 is 30.5. The third-order valence-corrected chi connectivity index (χ3v) is 24.6. The van der Waals surface area contributed by atoms with Crippen molar-refractivity contribution in [2.45, 2.75) is 170 Å². The van der Waals surface area contributed by atoms with Crippen LogP contribution in [0.15, 0.2) is 81.4 Å². The summed E-state index contributed by atoms with van der Waals surface area (Å²) >= 11 is 0. The van der Waals surface area contributed by atoms with E-state index in [0.717, 1.165) is 87.3 Å². The van der Waals surface area contributed by atoms with Gasteiger partial charge in [0, 0.05) is 115 Å². The van der Waals surface area contributed by atoms with Gasteiger partial charge in [-0.05, 0) is 143 Å².